The second-order valence-corrected chi connectivity index (χ2v) is 6.28. The molecule has 0 aliphatic heterocycles. The Hall–Kier alpha value is 0.430. The Balaban J connectivity index is 1.82. The van der Waals surface area contributed by atoms with Crippen molar-refractivity contribution in [3.8, 4) is 0 Å². The third-order valence-electron chi connectivity index (χ3n) is 3.02. The number of rotatable bonds is 4. The minimum atomic E-state index is 0.628. The van der Waals surface area contributed by atoms with Gasteiger partial charge in [-0.05, 0) is 40.8 Å². The van der Waals surface area contributed by atoms with Crippen molar-refractivity contribution in [1.29, 1.82) is 0 Å². The molecular formula is C11H15BrClNS. The summed E-state index contributed by atoms with van der Waals surface area (Å²) in [6.07, 6.45) is 3.89. The molecule has 1 saturated carbocycles. The Bertz CT molecular complexity index is 315. The normalized spacial score (nSPS) is 26.0. The van der Waals surface area contributed by atoms with Crippen LogP contribution >= 0.6 is 38.9 Å². The second kappa shape index (κ2) is 5.67. The van der Waals surface area contributed by atoms with Gasteiger partial charge in [-0.2, -0.15) is 0 Å². The lowest BCUT2D eigenvalue weighted by Gasteiger charge is -2.18. The molecule has 15 heavy (non-hydrogen) atoms. The molecule has 1 aliphatic rings. The summed E-state index contributed by atoms with van der Waals surface area (Å²) < 4.78 is 1.18. The van der Waals surface area contributed by atoms with Gasteiger partial charge in [-0.1, -0.05) is 6.42 Å². The van der Waals surface area contributed by atoms with Gasteiger partial charge < -0.3 is 5.32 Å². The lowest BCUT2D eigenvalue weighted by atomic mass is 10.1. The van der Waals surface area contributed by atoms with Gasteiger partial charge in [0.25, 0.3) is 0 Å². The summed E-state index contributed by atoms with van der Waals surface area (Å²) in [5.74, 6) is 1.47. The summed E-state index contributed by atoms with van der Waals surface area (Å²) >= 11 is 11.2. The molecule has 0 saturated heterocycles. The fourth-order valence-electron chi connectivity index (χ4n) is 2.17. The van der Waals surface area contributed by atoms with Crippen molar-refractivity contribution in [1.82, 2.24) is 5.32 Å². The van der Waals surface area contributed by atoms with E-state index in [1.807, 2.05) is 0 Å². The lowest BCUT2D eigenvalue weighted by Crippen LogP contribution is -2.32. The van der Waals surface area contributed by atoms with Crippen molar-refractivity contribution in [3.05, 3.63) is 20.8 Å². The highest BCUT2D eigenvalue weighted by molar-refractivity contribution is 9.10. The van der Waals surface area contributed by atoms with Gasteiger partial charge >= 0.3 is 0 Å². The van der Waals surface area contributed by atoms with Gasteiger partial charge in [-0.3, -0.25) is 0 Å². The van der Waals surface area contributed by atoms with Gasteiger partial charge in [0.2, 0.25) is 0 Å². The van der Waals surface area contributed by atoms with E-state index in [-0.39, 0.29) is 0 Å². The van der Waals surface area contributed by atoms with Crippen LogP contribution in [0.1, 0.15) is 24.1 Å². The molecule has 4 heteroatoms. The monoisotopic (exact) mass is 307 g/mol. The average Bonchev–Trinajstić information content (AvgIpc) is 2.83. The molecule has 1 N–H and O–H groups in total. The van der Waals surface area contributed by atoms with E-state index in [2.05, 4.69) is 32.7 Å². The van der Waals surface area contributed by atoms with Gasteiger partial charge in [-0.25, -0.2) is 0 Å². The topological polar surface area (TPSA) is 12.0 Å². The van der Waals surface area contributed by atoms with Crippen LogP contribution in [-0.2, 0) is 6.54 Å². The molecule has 1 aromatic rings. The molecule has 0 amide bonds. The zero-order valence-corrected chi connectivity index (χ0v) is 11.7. The minimum Gasteiger partial charge on any atom is -0.309 e. The molecule has 0 radical (unpaired) electrons. The van der Waals surface area contributed by atoms with Crippen LogP contribution in [0.3, 0.4) is 0 Å². The molecule has 2 unspecified atom stereocenters. The van der Waals surface area contributed by atoms with Crippen LogP contribution in [0.4, 0.5) is 0 Å². The SMILES string of the molecule is ClCC1CCCC1NCc1cc(Br)cs1. The molecule has 0 spiro atoms. The first-order valence-electron chi connectivity index (χ1n) is 5.32. The fraction of sp³-hybridized carbons (Fsp3) is 0.636. The zero-order chi connectivity index (χ0) is 10.7. The highest BCUT2D eigenvalue weighted by Crippen LogP contribution is 2.27. The fourth-order valence-corrected chi connectivity index (χ4v) is 3.94. The largest absolute Gasteiger partial charge is 0.309 e. The summed E-state index contributed by atoms with van der Waals surface area (Å²) in [6.45, 7) is 0.980. The van der Waals surface area contributed by atoms with Crippen LogP contribution in [0.25, 0.3) is 0 Å². The lowest BCUT2D eigenvalue weighted by molar-refractivity contribution is 0.431. The molecule has 0 aromatic carbocycles. The quantitative estimate of drug-likeness (QED) is 0.829. The van der Waals surface area contributed by atoms with Gasteiger partial charge in [0, 0.05) is 33.2 Å². The molecule has 1 nitrogen and oxygen atoms in total. The number of hydrogen-bond donors (Lipinski definition) is 1. The summed E-state index contributed by atoms with van der Waals surface area (Å²) in [5.41, 5.74) is 0. The van der Waals surface area contributed by atoms with Crippen LogP contribution in [0.15, 0.2) is 15.9 Å². The van der Waals surface area contributed by atoms with E-state index in [9.17, 15) is 0 Å². The summed E-state index contributed by atoms with van der Waals surface area (Å²) in [5, 5.41) is 5.75. The molecular weight excluding hydrogens is 294 g/mol. The van der Waals surface area contributed by atoms with Crippen molar-refractivity contribution in [3.63, 3.8) is 0 Å². The molecule has 2 rings (SSSR count). The minimum absolute atomic E-state index is 0.628. The first kappa shape index (κ1) is 11.9. The standard InChI is InChI=1S/C11H15BrClNS/c12-9-4-10(15-7-9)6-14-11-3-1-2-8(11)5-13/h4,7-8,11,14H,1-3,5-6H2. The van der Waals surface area contributed by atoms with Crippen LogP contribution < -0.4 is 5.32 Å². The predicted octanol–water partition coefficient (Wildman–Crippen LogP) is 4.01. The average molecular weight is 309 g/mol. The molecule has 84 valence electrons. The first-order valence-corrected chi connectivity index (χ1v) is 7.52. The zero-order valence-electron chi connectivity index (χ0n) is 8.51. The Kier molecular flexibility index (Phi) is 4.50. The summed E-state index contributed by atoms with van der Waals surface area (Å²) in [4.78, 5) is 1.39. The van der Waals surface area contributed by atoms with Crippen LogP contribution in [-0.4, -0.2) is 11.9 Å². The van der Waals surface area contributed by atoms with E-state index in [0.717, 1.165) is 12.4 Å². The van der Waals surface area contributed by atoms with Gasteiger partial charge in [-0.15, -0.1) is 22.9 Å². The Morgan fingerprint density at radius 3 is 3.07 bits per heavy atom. The smallest absolute Gasteiger partial charge is 0.0302 e. The summed E-state index contributed by atoms with van der Waals surface area (Å²) in [7, 11) is 0. The first-order chi connectivity index (χ1) is 7.29. The predicted molar refractivity (Wildman–Crippen MR) is 70.7 cm³/mol. The number of alkyl halides is 1. The van der Waals surface area contributed by atoms with Crippen LogP contribution in [0.2, 0.25) is 0 Å². The molecule has 2 atom stereocenters. The number of hydrogen-bond acceptors (Lipinski definition) is 2. The number of thiophene rings is 1. The maximum absolute atomic E-state index is 5.94. The Morgan fingerprint density at radius 1 is 1.53 bits per heavy atom. The van der Waals surface area contributed by atoms with Crippen molar-refractivity contribution >= 4 is 38.9 Å². The Labute approximate surface area is 108 Å². The third-order valence-corrected chi connectivity index (χ3v) is 5.11. The van der Waals surface area contributed by atoms with E-state index in [1.54, 1.807) is 11.3 Å². The van der Waals surface area contributed by atoms with Crippen molar-refractivity contribution in [2.24, 2.45) is 5.92 Å². The van der Waals surface area contributed by atoms with E-state index in [0.29, 0.717) is 12.0 Å². The van der Waals surface area contributed by atoms with E-state index in [1.165, 1.54) is 28.6 Å². The molecule has 1 heterocycles. The van der Waals surface area contributed by atoms with E-state index in [4.69, 9.17) is 11.6 Å². The van der Waals surface area contributed by atoms with E-state index < -0.39 is 0 Å². The van der Waals surface area contributed by atoms with Gasteiger partial charge in [0.1, 0.15) is 0 Å². The maximum Gasteiger partial charge on any atom is 0.0302 e. The second-order valence-electron chi connectivity index (χ2n) is 4.06. The third kappa shape index (κ3) is 3.19. The van der Waals surface area contributed by atoms with Crippen LogP contribution in [0.5, 0.6) is 0 Å². The molecule has 1 aromatic heterocycles. The molecule has 1 aliphatic carbocycles. The highest BCUT2D eigenvalue weighted by Gasteiger charge is 2.25. The summed E-state index contributed by atoms with van der Waals surface area (Å²) in [6, 6.07) is 2.81. The number of halogens is 2. The highest BCUT2D eigenvalue weighted by atomic mass is 79.9. The van der Waals surface area contributed by atoms with E-state index >= 15 is 0 Å². The maximum atomic E-state index is 5.94. The van der Waals surface area contributed by atoms with Gasteiger partial charge in [0.15, 0.2) is 0 Å². The molecule has 1 fully saturated rings. The van der Waals surface area contributed by atoms with Gasteiger partial charge in [0.05, 0.1) is 0 Å². The van der Waals surface area contributed by atoms with Crippen molar-refractivity contribution in [2.45, 2.75) is 31.8 Å². The van der Waals surface area contributed by atoms with Crippen LogP contribution in [0, 0.1) is 5.92 Å². The van der Waals surface area contributed by atoms with Crippen molar-refractivity contribution in [2.75, 3.05) is 5.88 Å². The number of nitrogens with one attached hydrogen (secondary N) is 1. The van der Waals surface area contributed by atoms with Crippen molar-refractivity contribution < 1.29 is 0 Å². The molecule has 0 bridgehead atoms. The Morgan fingerprint density at radius 2 is 2.40 bits per heavy atom.